The van der Waals surface area contributed by atoms with Crippen molar-refractivity contribution in [2.45, 2.75) is 33.1 Å². The predicted octanol–water partition coefficient (Wildman–Crippen LogP) is 1.39. The van der Waals surface area contributed by atoms with E-state index in [9.17, 15) is 9.59 Å². The Morgan fingerprint density at radius 2 is 2.12 bits per heavy atom. The number of nitrogens with one attached hydrogen (secondary N) is 1. The highest BCUT2D eigenvalue weighted by Crippen LogP contribution is 2.19. The van der Waals surface area contributed by atoms with Crippen molar-refractivity contribution in [1.29, 1.82) is 0 Å². The first-order valence-electron chi connectivity index (χ1n) is 8.97. The van der Waals surface area contributed by atoms with Crippen molar-refractivity contribution in [2.75, 3.05) is 32.8 Å². The third-order valence-corrected chi connectivity index (χ3v) is 4.65. The van der Waals surface area contributed by atoms with Gasteiger partial charge in [0, 0.05) is 26.2 Å². The molecule has 1 atom stereocenters. The second kappa shape index (κ2) is 9.42. The topological polar surface area (TPSA) is 84.7 Å². The number of carbonyl (C=O) groups excluding carboxylic acids is 2. The van der Waals surface area contributed by atoms with Crippen LogP contribution >= 0.6 is 0 Å². The van der Waals surface area contributed by atoms with E-state index in [0.29, 0.717) is 39.2 Å². The SMILES string of the molecule is Cc1ccc(OCCC(=O)N2CCCC(C(=O)NCCN)C2)cc1C. The number of nitrogens with zero attached hydrogens (tertiary/aromatic N) is 1. The zero-order valence-corrected chi connectivity index (χ0v) is 15.2. The number of carbonyl (C=O) groups is 2. The molecular weight excluding hydrogens is 318 g/mol. The molecule has 1 heterocycles. The van der Waals surface area contributed by atoms with Crippen LogP contribution in [0.1, 0.15) is 30.4 Å². The van der Waals surface area contributed by atoms with Gasteiger partial charge in [0.2, 0.25) is 11.8 Å². The van der Waals surface area contributed by atoms with Crippen molar-refractivity contribution in [3.8, 4) is 5.75 Å². The summed E-state index contributed by atoms with van der Waals surface area (Å²) >= 11 is 0. The average molecular weight is 347 g/mol. The summed E-state index contributed by atoms with van der Waals surface area (Å²) in [4.78, 5) is 26.2. The summed E-state index contributed by atoms with van der Waals surface area (Å²) in [7, 11) is 0. The molecule has 0 saturated carbocycles. The second-order valence-electron chi connectivity index (χ2n) is 6.60. The highest BCUT2D eigenvalue weighted by Gasteiger charge is 2.27. The Bertz CT molecular complexity index is 604. The molecule has 138 valence electrons. The molecule has 6 heteroatoms. The summed E-state index contributed by atoms with van der Waals surface area (Å²) in [5.74, 6) is 0.688. The number of amides is 2. The normalized spacial score (nSPS) is 17.2. The van der Waals surface area contributed by atoms with Gasteiger partial charge < -0.3 is 20.7 Å². The molecule has 1 saturated heterocycles. The summed E-state index contributed by atoms with van der Waals surface area (Å²) in [6, 6.07) is 5.92. The van der Waals surface area contributed by atoms with Crippen LogP contribution in [0.15, 0.2) is 18.2 Å². The summed E-state index contributed by atoms with van der Waals surface area (Å²) < 4.78 is 5.69. The summed E-state index contributed by atoms with van der Waals surface area (Å²) in [5.41, 5.74) is 7.80. The lowest BCUT2D eigenvalue weighted by atomic mass is 9.97. The van der Waals surface area contributed by atoms with E-state index >= 15 is 0 Å². The highest BCUT2D eigenvalue weighted by atomic mass is 16.5. The minimum Gasteiger partial charge on any atom is -0.493 e. The van der Waals surface area contributed by atoms with Crippen molar-refractivity contribution in [3.05, 3.63) is 29.3 Å². The molecule has 0 radical (unpaired) electrons. The lowest BCUT2D eigenvalue weighted by molar-refractivity contribution is -0.136. The minimum atomic E-state index is -0.134. The van der Waals surface area contributed by atoms with Gasteiger partial charge in [0.25, 0.3) is 0 Å². The van der Waals surface area contributed by atoms with Gasteiger partial charge in [0.05, 0.1) is 18.9 Å². The minimum absolute atomic E-state index is 0.00525. The molecule has 2 rings (SSSR count). The smallest absolute Gasteiger partial charge is 0.226 e. The maximum Gasteiger partial charge on any atom is 0.226 e. The zero-order valence-electron chi connectivity index (χ0n) is 15.2. The van der Waals surface area contributed by atoms with Gasteiger partial charge in [-0.2, -0.15) is 0 Å². The quantitative estimate of drug-likeness (QED) is 0.780. The number of rotatable bonds is 7. The Morgan fingerprint density at radius 1 is 1.32 bits per heavy atom. The number of nitrogens with two attached hydrogens (primary N) is 1. The lowest BCUT2D eigenvalue weighted by Crippen LogP contribution is -2.46. The fourth-order valence-corrected chi connectivity index (χ4v) is 2.98. The van der Waals surface area contributed by atoms with Gasteiger partial charge in [-0.15, -0.1) is 0 Å². The first-order valence-corrected chi connectivity index (χ1v) is 8.97. The number of likely N-dealkylation sites (tertiary alicyclic amines) is 1. The number of benzene rings is 1. The maximum atomic E-state index is 12.4. The van der Waals surface area contributed by atoms with E-state index in [-0.39, 0.29) is 17.7 Å². The molecule has 1 unspecified atom stereocenters. The Balaban J connectivity index is 1.77. The maximum absolute atomic E-state index is 12.4. The third-order valence-electron chi connectivity index (χ3n) is 4.65. The Morgan fingerprint density at radius 3 is 2.84 bits per heavy atom. The van der Waals surface area contributed by atoms with Crippen LogP contribution in [0.2, 0.25) is 0 Å². The molecule has 0 aromatic heterocycles. The lowest BCUT2D eigenvalue weighted by Gasteiger charge is -2.32. The van der Waals surface area contributed by atoms with E-state index < -0.39 is 0 Å². The fraction of sp³-hybridized carbons (Fsp3) is 0.579. The van der Waals surface area contributed by atoms with E-state index in [1.54, 1.807) is 4.90 Å². The second-order valence-corrected chi connectivity index (χ2v) is 6.60. The highest BCUT2D eigenvalue weighted by molar-refractivity contribution is 5.81. The van der Waals surface area contributed by atoms with Crippen LogP contribution in [0, 0.1) is 19.8 Å². The summed E-state index contributed by atoms with van der Waals surface area (Å²) in [6.07, 6.45) is 1.99. The number of hydrogen-bond donors (Lipinski definition) is 2. The van der Waals surface area contributed by atoms with E-state index in [2.05, 4.69) is 12.2 Å². The zero-order chi connectivity index (χ0) is 18.2. The number of ether oxygens (including phenoxy) is 1. The van der Waals surface area contributed by atoms with Gasteiger partial charge in [0.1, 0.15) is 5.75 Å². The van der Waals surface area contributed by atoms with Crippen molar-refractivity contribution in [3.63, 3.8) is 0 Å². The van der Waals surface area contributed by atoms with E-state index in [1.807, 2.05) is 25.1 Å². The third kappa shape index (κ3) is 5.74. The van der Waals surface area contributed by atoms with Crippen molar-refractivity contribution < 1.29 is 14.3 Å². The van der Waals surface area contributed by atoms with Crippen LogP contribution in [-0.4, -0.2) is 49.5 Å². The first-order chi connectivity index (χ1) is 12.0. The van der Waals surface area contributed by atoms with Gasteiger partial charge in [-0.05, 0) is 49.9 Å². The van der Waals surface area contributed by atoms with Crippen LogP contribution in [0.4, 0.5) is 0 Å². The molecule has 1 aliphatic heterocycles. The van der Waals surface area contributed by atoms with Crippen LogP contribution < -0.4 is 15.8 Å². The van der Waals surface area contributed by atoms with Crippen molar-refractivity contribution in [2.24, 2.45) is 11.7 Å². The fourth-order valence-electron chi connectivity index (χ4n) is 2.98. The van der Waals surface area contributed by atoms with Crippen LogP contribution in [0.3, 0.4) is 0 Å². The van der Waals surface area contributed by atoms with Crippen molar-refractivity contribution in [1.82, 2.24) is 10.2 Å². The molecule has 3 N–H and O–H groups in total. The van der Waals surface area contributed by atoms with Gasteiger partial charge in [0.15, 0.2) is 0 Å². The molecule has 1 aromatic rings. The van der Waals surface area contributed by atoms with E-state index in [1.165, 1.54) is 11.1 Å². The van der Waals surface area contributed by atoms with Crippen molar-refractivity contribution >= 4 is 11.8 Å². The van der Waals surface area contributed by atoms with Crippen LogP contribution in [0.5, 0.6) is 5.75 Å². The molecule has 0 bridgehead atoms. The standard InChI is InChI=1S/C19H29N3O3/c1-14-5-6-17(12-15(14)2)25-11-7-18(23)22-10-3-4-16(13-22)19(24)21-9-8-20/h5-6,12,16H,3-4,7-11,13,20H2,1-2H3,(H,21,24). The van der Waals surface area contributed by atoms with E-state index in [0.717, 1.165) is 18.6 Å². The van der Waals surface area contributed by atoms with Gasteiger partial charge in [-0.25, -0.2) is 0 Å². The van der Waals surface area contributed by atoms with Gasteiger partial charge in [-0.3, -0.25) is 9.59 Å². The molecular formula is C19H29N3O3. The largest absolute Gasteiger partial charge is 0.493 e. The molecule has 2 amide bonds. The molecule has 25 heavy (non-hydrogen) atoms. The predicted molar refractivity (Wildman–Crippen MR) is 97.4 cm³/mol. The van der Waals surface area contributed by atoms with Crippen LogP contribution in [-0.2, 0) is 9.59 Å². The van der Waals surface area contributed by atoms with Crippen LogP contribution in [0.25, 0.3) is 0 Å². The Labute approximate surface area is 149 Å². The molecule has 1 aliphatic rings. The molecule has 1 fully saturated rings. The molecule has 0 spiro atoms. The molecule has 1 aromatic carbocycles. The average Bonchev–Trinajstić information content (AvgIpc) is 2.62. The number of hydrogen-bond acceptors (Lipinski definition) is 4. The Kier molecular flexibility index (Phi) is 7.25. The van der Waals surface area contributed by atoms with Gasteiger partial charge in [-0.1, -0.05) is 6.07 Å². The molecule has 0 aliphatic carbocycles. The number of aryl methyl sites for hydroxylation is 2. The first kappa shape index (κ1) is 19.2. The van der Waals surface area contributed by atoms with E-state index in [4.69, 9.17) is 10.5 Å². The monoisotopic (exact) mass is 347 g/mol. The summed E-state index contributed by atoms with van der Waals surface area (Å²) in [5, 5.41) is 2.81. The Hall–Kier alpha value is -2.08. The molecule has 6 nitrogen and oxygen atoms in total. The number of piperidine rings is 1. The van der Waals surface area contributed by atoms with Gasteiger partial charge >= 0.3 is 0 Å². The summed E-state index contributed by atoms with van der Waals surface area (Å²) in [6.45, 7) is 6.55.